The van der Waals surface area contributed by atoms with Crippen molar-refractivity contribution in [2.75, 3.05) is 52.4 Å². The van der Waals surface area contributed by atoms with E-state index >= 15 is 0 Å². The molecule has 0 saturated carbocycles. The van der Waals surface area contributed by atoms with Gasteiger partial charge in [-0.25, -0.2) is 17.5 Å². The van der Waals surface area contributed by atoms with Crippen LogP contribution in [0.4, 0.5) is 4.39 Å². The third-order valence-corrected chi connectivity index (χ3v) is 7.67. The van der Waals surface area contributed by atoms with Crippen LogP contribution in [0, 0.1) is 28.5 Å². The van der Waals surface area contributed by atoms with E-state index in [0.717, 1.165) is 32.7 Å². The molecule has 2 aromatic rings. The lowest BCUT2D eigenvalue weighted by molar-refractivity contribution is -0.139. The van der Waals surface area contributed by atoms with Crippen molar-refractivity contribution in [1.82, 2.24) is 14.5 Å². The lowest BCUT2D eigenvalue weighted by atomic mass is 10.1. The molecule has 0 aromatic heterocycles. The molecule has 2 saturated heterocycles. The molecule has 2 unspecified atom stereocenters. The van der Waals surface area contributed by atoms with E-state index < -0.39 is 15.8 Å². The van der Waals surface area contributed by atoms with Gasteiger partial charge >= 0.3 is 0 Å². The summed E-state index contributed by atoms with van der Waals surface area (Å²) in [5.74, 6) is -0.397. The number of hydrogen-bond acceptors (Lipinski definition) is 8. The Morgan fingerprint density at radius 2 is 1.58 bits per heavy atom. The number of hydrogen-bond donors (Lipinski definition) is 1. The third kappa shape index (κ3) is 6.78. The Bertz CT molecular complexity index is 1230. The summed E-state index contributed by atoms with van der Waals surface area (Å²) in [5, 5.41) is 17.7. The first kappa shape index (κ1) is 26.0. The highest BCUT2D eigenvalue weighted by Gasteiger charge is 2.34. The highest BCUT2D eigenvalue weighted by molar-refractivity contribution is 7.89. The van der Waals surface area contributed by atoms with Gasteiger partial charge < -0.3 is 9.47 Å². The number of halogens is 1. The summed E-state index contributed by atoms with van der Waals surface area (Å²) < 4.78 is 53.1. The quantitative estimate of drug-likeness (QED) is 0.477. The Kier molecular flexibility index (Phi) is 8.52. The molecule has 2 fully saturated rings. The highest BCUT2D eigenvalue weighted by Crippen LogP contribution is 2.21. The molecule has 2 bridgehead atoms. The molecule has 190 valence electrons. The summed E-state index contributed by atoms with van der Waals surface area (Å²) in [7, 11) is -3.60. The van der Waals surface area contributed by atoms with Crippen LogP contribution in [0.1, 0.15) is 17.5 Å². The van der Waals surface area contributed by atoms with Gasteiger partial charge in [0.15, 0.2) is 11.6 Å². The lowest BCUT2D eigenvalue weighted by Gasteiger charge is -2.45. The predicted octanol–water partition coefficient (Wildman–Crippen LogP) is 1.70. The molecule has 0 radical (unpaired) electrons. The summed E-state index contributed by atoms with van der Waals surface area (Å²) in [6.07, 6.45) is 0.779. The van der Waals surface area contributed by atoms with E-state index in [1.165, 1.54) is 42.5 Å². The minimum Gasteiger partial charge on any atom is -0.489 e. The van der Waals surface area contributed by atoms with E-state index in [1.54, 1.807) is 0 Å². The normalized spacial score (nSPS) is 20.4. The van der Waals surface area contributed by atoms with Gasteiger partial charge in [0, 0.05) is 39.3 Å². The van der Waals surface area contributed by atoms with E-state index in [9.17, 15) is 12.8 Å². The van der Waals surface area contributed by atoms with Crippen molar-refractivity contribution < 1.29 is 22.3 Å². The van der Waals surface area contributed by atoms with Gasteiger partial charge in [-0.2, -0.15) is 10.5 Å². The first-order valence-corrected chi connectivity index (χ1v) is 13.3. The maximum Gasteiger partial charge on any atom is 0.240 e. The fraction of sp³-hybridized carbons (Fsp3) is 0.440. The number of nitrogens with one attached hydrogen (secondary N) is 1. The smallest absolute Gasteiger partial charge is 0.240 e. The van der Waals surface area contributed by atoms with Gasteiger partial charge in [0.25, 0.3) is 0 Å². The fourth-order valence-electron chi connectivity index (χ4n) is 4.50. The molecular weight excluding hydrogens is 485 g/mol. The number of benzene rings is 2. The molecule has 2 aromatic carbocycles. The van der Waals surface area contributed by atoms with Crippen LogP contribution in [-0.4, -0.2) is 82.8 Å². The van der Waals surface area contributed by atoms with Crippen molar-refractivity contribution in [3.05, 3.63) is 59.4 Å². The van der Waals surface area contributed by atoms with E-state index in [2.05, 4.69) is 14.5 Å². The van der Waals surface area contributed by atoms with Crippen molar-refractivity contribution in [2.24, 2.45) is 0 Å². The van der Waals surface area contributed by atoms with Gasteiger partial charge in [0.1, 0.15) is 6.61 Å². The van der Waals surface area contributed by atoms with Crippen molar-refractivity contribution in [3.8, 4) is 17.9 Å². The Balaban J connectivity index is 1.16. The minimum atomic E-state index is -3.60. The van der Waals surface area contributed by atoms with Gasteiger partial charge in [0.2, 0.25) is 10.0 Å². The maximum atomic E-state index is 14.0. The lowest BCUT2D eigenvalue weighted by Crippen LogP contribution is -2.60. The number of morpholine rings is 2. The van der Waals surface area contributed by atoms with Crippen molar-refractivity contribution >= 4 is 10.0 Å². The Morgan fingerprint density at radius 1 is 0.972 bits per heavy atom. The van der Waals surface area contributed by atoms with Crippen molar-refractivity contribution in [1.29, 1.82) is 10.5 Å². The minimum absolute atomic E-state index is 0.0551. The van der Waals surface area contributed by atoms with Crippen molar-refractivity contribution in [2.45, 2.75) is 23.5 Å². The Morgan fingerprint density at radius 3 is 2.19 bits per heavy atom. The number of rotatable bonds is 10. The second-order valence-corrected chi connectivity index (χ2v) is 10.7. The van der Waals surface area contributed by atoms with E-state index in [4.69, 9.17) is 20.0 Å². The van der Waals surface area contributed by atoms with Gasteiger partial charge in [-0.15, -0.1) is 0 Å². The van der Waals surface area contributed by atoms with Crippen molar-refractivity contribution in [3.63, 3.8) is 0 Å². The van der Waals surface area contributed by atoms with E-state index in [1.807, 2.05) is 12.1 Å². The van der Waals surface area contributed by atoms with Crippen LogP contribution < -0.4 is 9.46 Å². The number of fused-ring (bicyclic) bond motifs is 2. The predicted molar refractivity (Wildman–Crippen MR) is 129 cm³/mol. The first-order valence-electron chi connectivity index (χ1n) is 11.8. The summed E-state index contributed by atoms with van der Waals surface area (Å²) >= 11 is 0. The standard InChI is InChI=1S/C25H28FN5O4S/c26-24-12-20(14-28)4-7-25(24)34-11-10-31-17-21-15-30(16-22(18-31)35-21)9-1-8-29-36(32,33)23-5-2-19(13-27)3-6-23/h2-7,12,21-22,29H,1,8-11,15-18H2. The van der Waals surface area contributed by atoms with E-state index in [-0.39, 0.29) is 28.4 Å². The molecule has 0 aliphatic carbocycles. The van der Waals surface area contributed by atoms with E-state index in [0.29, 0.717) is 31.7 Å². The first-order chi connectivity index (χ1) is 17.4. The zero-order chi connectivity index (χ0) is 25.5. The van der Waals surface area contributed by atoms with Gasteiger partial charge in [-0.1, -0.05) is 0 Å². The molecule has 2 aliphatic rings. The molecule has 1 N–H and O–H groups in total. The molecule has 11 heteroatoms. The summed E-state index contributed by atoms with van der Waals surface area (Å²) in [4.78, 5) is 4.70. The summed E-state index contributed by atoms with van der Waals surface area (Å²) in [6.45, 7) is 5.09. The Labute approximate surface area is 210 Å². The molecule has 2 heterocycles. The summed E-state index contributed by atoms with van der Waals surface area (Å²) in [5.41, 5.74) is 0.673. The fourth-order valence-corrected chi connectivity index (χ4v) is 5.57. The number of sulfonamides is 1. The molecule has 36 heavy (non-hydrogen) atoms. The molecule has 0 amide bonds. The average Bonchev–Trinajstić information content (AvgIpc) is 2.87. The van der Waals surface area contributed by atoms with Crippen LogP contribution in [0.2, 0.25) is 0 Å². The van der Waals surface area contributed by atoms with Crippen LogP contribution in [0.15, 0.2) is 47.4 Å². The molecular formula is C25H28FN5O4S. The van der Waals surface area contributed by atoms with Gasteiger partial charge in [-0.3, -0.25) is 9.80 Å². The van der Waals surface area contributed by atoms with Crippen LogP contribution >= 0.6 is 0 Å². The molecule has 9 nitrogen and oxygen atoms in total. The number of nitrogens with zero attached hydrogens (tertiary/aromatic N) is 4. The topological polar surface area (TPSA) is 119 Å². The van der Waals surface area contributed by atoms with Gasteiger partial charge in [-0.05, 0) is 55.4 Å². The molecule has 4 rings (SSSR count). The van der Waals surface area contributed by atoms with Crippen LogP contribution in [0.25, 0.3) is 0 Å². The van der Waals surface area contributed by atoms with Crippen LogP contribution in [0.5, 0.6) is 5.75 Å². The zero-order valence-corrected chi connectivity index (χ0v) is 20.6. The molecule has 0 spiro atoms. The highest BCUT2D eigenvalue weighted by atomic mass is 32.2. The third-order valence-electron chi connectivity index (χ3n) is 6.20. The monoisotopic (exact) mass is 513 g/mol. The summed E-state index contributed by atoms with van der Waals surface area (Å²) in [6, 6.07) is 13.9. The van der Waals surface area contributed by atoms with Crippen LogP contribution in [-0.2, 0) is 14.8 Å². The van der Waals surface area contributed by atoms with Crippen LogP contribution in [0.3, 0.4) is 0 Å². The molecule has 2 atom stereocenters. The second kappa shape index (κ2) is 11.8. The number of nitriles is 2. The Hall–Kier alpha value is -3.06. The number of ether oxygens (including phenoxy) is 2. The second-order valence-electron chi connectivity index (χ2n) is 8.89. The van der Waals surface area contributed by atoms with Gasteiger partial charge in [0.05, 0.1) is 40.4 Å². The average molecular weight is 514 g/mol. The molecule has 2 aliphatic heterocycles. The maximum absolute atomic E-state index is 14.0. The SMILES string of the molecule is N#Cc1ccc(S(=O)(=O)NCCCN2CC3CN(CCOc4ccc(C#N)cc4F)CC(C2)O3)cc1. The largest absolute Gasteiger partial charge is 0.489 e. The zero-order valence-electron chi connectivity index (χ0n) is 19.8.